The third-order valence-electron chi connectivity index (χ3n) is 3.98. The van der Waals surface area contributed by atoms with Crippen LogP contribution in [0.2, 0.25) is 0 Å². The molecule has 0 aromatic carbocycles. The molecule has 0 aliphatic carbocycles. The van der Waals surface area contributed by atoms with Crippen LogP contribution >= 0.6 is 0 Å². The summed E-state index contributed by atoms with van der Waals surface area (Å²) >= 11 is 0. The molecule has 0 fully saturated rings. The van der Waals surface area contributed by atoms with Crippen LogP contribution in [-0.2, 0) is 0 Å². The van der Waals surface area contributed by atoms with Crippen molar-refractivity contribution in [3.63, 3.8) is 0 Å². The predicted octanol–water partition coefficient (Wildman–Crippen LogP) is 5.54. The fourth-order valence-electron chi connectivity index (χ4n) is 2.52. The lowest BCUT2D eigenvalue weighted by molar-refractivity contribution is 0.401. The zero-order valence-electron chi connectivity index (χ0n) is 13.3. The monoisotopic (exact) mass is 255 g/mol. The molecule has 1 atom stereocenters. The summed E-state index contributed by atoms with van der Waals surface area (Å²) < 4.78 is 0. The summed E-state index contributed by atoms with van der Waals surface area (Å²) in [6, 6.07) is 0. The molecule has 0 saturated heterocycles. The molecule has 18 heavy (non-hydrogen) atoms. The van der Waals surface area contributed by atoms with Gasteiger partial charge in [-0.25, -0.2) is 0 Å². The minimum atomic E-state index is 0.963. The van der Waals surface area contributed by atoms with Gasteiger partial charge in [0.15, 0.2) is 0 Å². The maximum absolute atomic E-state index is 3.60. The first-order chi connectivity index (χ1) is 8.85. The number of nitrogens with one attached hydrogen (secondary N) is 1. The van der Waals surface area contributed by atoms with Gasteiger partial charge in [0.1, 0.15) is 0 Å². The van der Waals surface area contributed by atoms with Crippen molar-refractivity contribution < 1.29 is 0 Å². The second kappa shape index (κ2) is 15.0. The maximum Gasteiger partial charge on any atom is -0.00463 e. The zero-order chi connectivity index (χ0) is 13.5. The van der Waals surface area contributed by atoms with Crippen LogP contribution in [0.1, 0.15) is 91.4 Å². The molecule has 0 amide bonds. The van der Waals surface area contributed by atoms with Crippen LogP contribution in [0, 0.1) is 5.92 Å². The van der Waals surface area contributed by atoms with E-state index >= 15 is 0 Å². The van der Waals surface area contributed by atoms with Gasteiger partial charge in [0, 0.05) is 0 Å². The fourth-order valence-corrected chi connectivity index (χ4v) is 2.52. The molecule has 1 nitrogen and oxygen atoms in total. The van der Waals surface area contributed by atoms with Gasteiger partial charge >= 0.3 is 0 Å². The zero-order valence-corrected chi connectivity index (χ0v) is 13.3. The van der Waals surface area contributed by atoms with Crippen molar-refractivity contribution in [3.8, 4) is 0 Å². The van der Waals surface area contributed by atoms with E-state index in [1.165, 1.54) is 83.7 Å². The van der Waals surface area contributed by atoms with Gasteiger partial charge in [0.25, 0.3) is 0 Å². The third-order valence-corrected chi connectivity index (χ3v) is 3.98. The topological polar surface area (TPSA) is 12.0 Å². The first-order valence-corrected chi connectivity index (χ1v) is 8.55. The quantitative estimate of drug-likeness (QED) is 0.402. The molecule has 0 saturated carbocycles. The van der Waals surface area contributed by atoms with Gasteiger partial charge in [-0.1, -0.05) is 78.6 Å². The number of hydrogen-bond donors (Lipinski definition) is 1. The Balaban J connectivity index is 3.29. The SMILES string of the molecule is CCCCCCCC(CC)CCNCCCCC. The Bertz CT molecular complexity index is 145. The average Bonchev–Trinajstić information content (AvgIpc) is 2.40. The van der Waals surface area contributed by atoms with E-state index in [0.717, 1.165) is 5.92 Å². The summed E-state index contributed by atoms with van der Waals surface area (Å²) in [5.41, 5.74) is 0. The summed E-state index contributed by atoms with van der Waals surface area (Å²) in [6.07, 6.45) is 15.4. The van der Waals surface area contributed by atoms with Gasteiger partial charge < -0.3 is 5.32 Å². The minimum absolute atomic E-state index is 0.963. The van der Waals surface area contributed by atoms with Crippen molar-refractivity contribution in [2.75, 3.05) is 13.1 Å². The Kier molecular flexibility index (Phi) is 15.0. The maximum atomic E-state index is 3.60. The van der Waals surface area contributed by atoms with Crippen molar-refractivity contribution in [1.82, 2.24) is 5.32 Å². The van der Waals surface area contributed by atoms with E-state index in [1.54, 1.807) is 0 Å². The summed E-state index contributed by atoms with van der Waals surface area (Å²) in [4.78, 5) is 0. The summed E-state index contributed by atoms with van der Waals surface area (Å²) in [5.74, 6) is 0.963. The molecule has 110 valence electrons. The lowest BCUT2D eigenvalue weighted by Gasteiger charge is -2.15. The predicted molar refractivity (Wildman–Crippen MR) is 84.2 cm³/mol. The van der Waals surface area contributed by atoms with Crippen LogP contribution in [0.15, 0.2) is 0 Å². The molecule has 0 aromatic heterocycles. The van der Waals surface area contributed by atoms with Gasteiger partial charge in [-0.2, -0.15) is 0 Å². The van der Waals surface area contributed by atoms with Crippen molar-refractivity contribution in [1.29, 1.82) is 0 Å². The van der Waals surface area contributed by atoms with E-state index in [-0.39, 0.29) is 0 Å². The van der Waals surface area contributed by atoms with Crippen molar-refractivity contribution in [2.24, 2.45) is 5.92 Å². The van der Waals surface area contributed by atoms with Gasteiger partial charge in [0.05, 0.1) is 0 Å². The summed E-state index contributed by atoms with van der Waals surface area (Å²) in [7, 11) is 0. The Labute approximate surface area is 116 Å². The van der Waals surface area contributed by atoms with Crippen LogP contribution in [0.4, 0.5) is 0 Å². The minimum Gasteiger partial charge on any atom is -0.317 e. The molecule has 0 aromatic rings. The van der Waals surface area contributed by atoms with Crippen LogP contribution in [-0.4, -0.2) is 13.1 Å². The molecule has 0 aliphatic rings. The number of rotatable bonds is 14. The molecular weight excluding hydrogens is 218 g/mol. The molecule has 0 heterocycles. The second-order valence-electron chi connectivity index (χ2n) is 5.72. The van der Waals surface area contributed by atoms with E-state index in [4.69, 9.17) is 0 Å². The molecule has 0 bridgehead atoms. The van der Waals surface area contributed by atoms with Crippen LogP contribution in [0.25, 0.3) is 0 Å². The van der Waals surface area contributed by atoms with E-state index in [9.17, 15) is 0 Å². The lowest BCUT2D eigenvalue weighted by atomic mass is 9.95. The normalized spacial score (nSPS) is 12.8. The highest BCUT2D eigenvalue weighted by atomic mass is 14.8. The van der Waals surface area contributed by atoms with Crippen LogP contribution in [0.5, 0.6) is 0 Å². The summed E-state index contributed by atoms with van der Waals surface area (Å²) in [5, 5.41) is 3.60. The molecule has 0 radical (unpaired) electrons. The van der Waals surface area contributed by atoms with Crippen molar-refractivity contribution in [2.45, 2.75) is 91.4 Å². The lowest BCUT2D eigenvalue weighted by Crippen LogP contribution is -2.19. The van der Waals surface area contributed by atoms with Gasteiger partial charge in [-0.3, -0.25) is 0 Å². The molecule has 1 unspecified atom stereocenters. The van der Waals surface area contributed by atoms with Gasteiger partial charge in [-0.05, 0) is 31.8 Å². The number of hydrogen-bond acceptors (Lipinski definition) is 1. The molecule has 0 rings (SSSR count). The Hall–Kier alpha value is -0.0400. The first-order valence-electron chi connectivity index (χ1n) is 8.55. The second-order valence-corrected chi connectivity index (χ2v) is 5.72. The Morgan fingerprint density at radius 1 is 0.667 bits per heavy atom. The Morgan fingerprint density at radius 3 is 2.00 bits per heavy atom. The highest BCUT2D eigenvalue weighted by Gasteiger charge is 2.05. The molecule has 1 heteroatoms. The highest BCUT2D eigenvalue weighted by Crippen LogP contribution is 2.17. The van der Waals surface area contributed by atoms with E-state index in [2.05, 4.69) is 26.1 Å². The van der Waals surface area contributed by atoms with Crippen LogP contribution in [0.3, 0.4) is 0 Å². The van der Waals surface area contributed by atoms with Gasteiger partial charge in [0.2, 0.25) is 0 Å². The first kappa shape index (κ1) is 18.0. The van der Waals surface area contributed by atoms with Crippen molar-refractivity contribution in [3.05, 3.63) is 0 Å². The number of unbranched alkanes of at least 4 members (excludes halogenated alkanes) is 6. The molecule has 0 aliphatic heterocycles. The van der Waals surface area contributed by atoms with Crippen LogP contribution < -0.4 is 5.32 Å². The third kappa shape index (κ3) is 12.4. The molecule has 0 spiro atoms. The van der Waals surface area contributed by atoms with E-state index in [0.29, 0.717) is 0 Å². The van der Waals surface area contributed by atoms with Crippen molar-refractivity contribution >= 4 is 0 Å². The average molecular weight is 255 g/mol. The standard InChI is InChI=1S/C17H37N/c1-4-7-9-10-11-13-17(6-3)14-16-18-15-12-8-5-2/h17-18H,4-16H2,1-3H3. The largest absolute Gasteiger partial charge is 0.317 e. The van der Waals surface area contributed by atoms with E-state index < -0.39 is 0 Å². The summed E-state index contributed by atoms with van der Waals surface area (Å²) in [6.45, 7) is 9.37. The Morgan fingerprint density at radius 2 is 1.33 bits per heavy atom. The highest BCUT2D eigenvalue weighted by molar-refractivity contribution is 4.60. The molecular formula is C17H37N. The fraction of sp³-hybridized carbons (Fsp3) is 1.00. The molecule has 1 N–H and O–H groups in total. The van der Waals surface area contributed by atoms with Gasteiger partial charge in [-0.15, -0.1) is 0 Å². The smallest absolute Gasteiger partial charge is 0.00463 e. The van der Waals surface area contributed by atoms with E-state index in [1.807, 2.05) is 0 Å².